The first-order valence-corrected chi connectivity index (χ1v) is 4.39. The van der Waals surface area contributed by atoms with Crippen molar-refractivity contribution >= 4 is 6.09 Å². The Balaban J connectivity index is 2.25. The summed E-state index contributed by atoms with van der Waals surface area (Å²) in [6.07, 6.45) is 2.03. The molecule has 0 atom stereocenters. The molecule has 0 unspecified atom stereocenters. The van der Waals surface area contributed by atoms with E-state index in [2.05, 4.69) is 10.1 Å². The first kappa shape index (κ1) is 10.3. The van der Waals surface area contributed by atoms with Crippen LogP contribution >= 0.6 is 0 Å². The third kappa shape index (κ3) is 2.57. The van der Waals surface area contributed by atoms with Crippen molar-refractivity contribution < 1.29 is 19.7 Å². The monoisotopic (exact) mass is 189 g/mol. The van der Waals surface area contributed by atoms with Crippen molar-refractivity contribution in [2.45, 2.75) is 24.8 Å². The second-order valence-corrected chi connectivity index (χ2v) is 3.28. The number of ether oxygens (including phenoxy) is 1. The lowest BCUT2D eigenvalue weighted by Crippen LogP contribution is -2.56. The highest BCUT2D eigenvalue weighted by Crippen LogP contribution is 2.31. The molecule has 0 aromatic heterocycles. The van der Waals surface area contributed by atoms with Gasteiger partial charge in [0.2, 0.25) is 0 Å². The van der Waals surface area contributed by atoms with Crippen LogP contribution in [0.5, 0.6) is 0 Å². The Bertz CT molecular complexity index is 173. The van der Waals surface area contributed by atoms with Gasteiger partial charge in [0, 0.05) is 0 Å². The van der Waals surface area contributed by atoms with Crippen LogP contribution in [-0.2, 0) is 4.74 Å². The lowest BCUT2D eigenvalue weighted by atomic mass is 9.77. The first-order chi connectivity index (χ1) is 6.22. The molecule has 1 saturated carbocycles. The standard InChI is InChI=1S/C8H15NO4/c10-4-5-13-7(12)9-8(6-11)2-1-3-8/h10-11H,1-6H2,(H,9,12). The van der Waals surface area contributed by atoms with E-state index in [-0.39, 0.29) is 19.8 Å². The molecule has 5 nitrogen and oxygen atoms in total. The van der Waals surface area contributed by atoms with Gasteiger partial charge >= 0.3 is 6.09 Å². The molecule has 0 saturated heterocycles. The van der Waals surface area contributed by atoms with Gasteiger partial charge in [0.1, 0.15) is 6.61 Å². The minimum atomic E-state index is -0.567. The van der Waals surface area contributed by atoms with Gasteiger partial charge in [-0.05, 0) is 19.3 Å². The average molecular weight is 189 g/mol. The largest absolute Gasteiger partial charge is 0.447 e. The summed E-state index contributed by atoms with van der Waals surface area (Å²) in [7, 11) is 0. The highest BCUT2D eigenvalue weighted by molar-refractivity contribution is 5.68. The minimum Gasteiger partial charge on any atom is -0.447 e. The fourth-order valence-electron chi connectivity index (χ4n) is 1.32. The second-order valence-electron chi connectivity index (χ2n) is 3.28. The summed E-state index contributed by atoms with van der Waals surface area (Å²) >= 11 is 0. The molecule has 0 heterocycles. The van der Waals surface area contributed by atoms with Gasteiger partial charge in [0.15, 0.2) is 0 Å². The molecule has 76 valence electrons. The van der Waals surface area contributed by atoms with E-state index in [1.807, 2.05) is 0 Å². The number of nitrogens with one attached hydrogen (secondary N) is 1. The first-order valence-electron chi connectivity index (χ1n) is 4.39. The van der Waals surface area contributed by atoms with Gasteiger partial charge in [-0.1, -0.05) is 0 Å². The Hall–Kier alpha value is -0.810. The summed E-state index contributed by atoms with van der Waals surface area (Å²) in [5, 5.41) is 20.0. The number of rotatable bonds is 4. The fraction of sp³-hybridized carbons (Fsp3) is 0.875. The van der Waals surface area contributed by atoms with E-state index in [1.165, 1.54) is 0 Å². The van der Waals surface area contributed by atoms with E-state index in [0.717, 1.165) is 19.3 Å². The Morgan fingerprint density at radius 1 is 1.46 bits per heavy atom. The molecule has 1 aliphatic rings. The van der Waals surface area contributed by atoms with Crippen molar-refractivity contribution in [2.75, 3.05) is 19.8 Å². The number of hydrogen-bond donors (Lipinski definition) is 3. The summed E-state index contributed by atoms with van der Waals surface area (Å²) in [5.41, 5.74) is -0.466. The SMILES string of the molecule is O=C(NC1(CO)CCC1)OCCO. The summed E-state index contributed by atoms with van der Waals surface area (Å²) in [4.78, 5) is 11.0. The van der Waals surface area contributed by atoms with Gasteiger partial charge in [0.25, 0.3) is 0 Å². The fourth-order valence-corrected chi connectivity index (χ4v) is 1.32. The molecular formula is C8H15NO4. The molecule has 0 bridgehead atoms. The summed E-state index contributed by atoms with van der Waals surface area (Å²) in [5.74, 6) is 0. The molecule has 0 aromatic rings. The van der Waals surface area contributed by atoms with Crippen LogP contribution in [0.15, 0.2) is 0 Å². The third-order valence-corrected chi connectivity index (χ3v) is 2.30. The lowest BCUT2D eigenvalue weighted by molar-refractivity contribution is 0.0647. The molecule has 0 aliphatic heterocycles. The zero-order chi connectivity index (χ0) is 9.73. The number of carbonyl (C=O) groups is 1. The smallest absolute Gasteiger partial charge is 0.407 e. The molecule has 1 fully saturated rings. The minimum absolute atomic E-state index is 0.00661. The van der Waals surface area contributed by atoms with Gasteiger partial charge in [0.05, 0.1) is 18.8 Å². The van der Waals surface area contributed by atoms with E-state index in [0.29, 0.717) is 0 Å². The van der Waals surface area contributed by atoms with E-state index in [9.17, 15) is 4.79 Å². The van der Waals surface area contributed by atoms with E-state index in [1.54, 1.807) is 0 Å². The van der Waals surface area contributed by atoms with E-state index < -0.39 is 11.6 Å². The van der Waals surface area contributed by atoms with Gasteiger partial charge in [-0.3, -0.25) is 0 Å². The molecule has 1 rings (SSSR count). The van der Waals surface area contributed by atoms with E-state index >= 15 is 0 Å². The maximum Gasteiger partial charge on any atom is 0.407 e. The number of amides is 1. The quantitative estimate of drug-likeness (QED) is 0.563. The Morgan fingerprint density at radius 2 is 2.15 bits per heavy atom. The van der Waals surface area contributed by atoms with Gasteiger partial charge in [-0.25, -0.2) is 4.79 Å². The van der Waals surface area contributed by atoms with E-state index in [4.69, 9.17) is 10.2 Å². The van der Waals surface area contributed by atoms with Crippen LogP contribution < -0.4 is 5.32 Å². The number of carbonyl (C=O) groups excluding carboxylic acids is 1. The maximum absolute atomic E-state index is 11.0. The van der Waals surface area contributed by atoms with Crippen molar-refractivity contribution in [3.05, 3.63) is 0 Å². The van der Waals surface area contributed by atoms with Crippen molar-refractivity contribution in [2.24, 2.45) is 0 Å². The summed E-state index contributed by atoms with van der Waals surface area (Å²) in [6, 6.07) is 0. The molecule has 0 aromatic carbocycles. The number of hydrogen-bond acceptors (Lipinski definition) is 4. The van der Waals surface area contributed by atoms with Crippen LogP contribution in [0, 0.1) is 0 Å². The lowest BCUT2D eigenvalue weighted by Gasteiger charge is -2.40. The molecule has 0 spiro atoms. The highest BCUT2D eigenvalue weighted by atomic mass is 16.6. The van der Waals surface area contributed by atoms with Crippen molar-refractivity contribution in [1.82, 2.24) is 5.32 Å². The molecule has 3 N–H and O–H groups in total. The molecule has 13 heavy (non-hydrogen) atoms. The predicted molar refractivity (Wildman–Crippen MR) is 45.2 cm³/mol. The van der Waals surface area contributed by atoms with Crippen LogP contribution in [0.2, 0.25) is 0 Å². The molecule has 1 aliphatic carbocycles. The van der Waals surface area contributed by atoms with Gasteiger partial charge in [-0.15, -0.1) is 0 Å². The maximum atomic E-state index is 11.0. The zero-order valence-electron chi connectivity index (χ0n) is 7.45. The number of aliphatic hydroxyl groups excluding tert-OH is 2. The summed E-state index contributed by atoms with van der Waals surface area (Å²) < 4.78 is 4.61. The molecule has 5 heteroatoms. The average Bonchev–Trinajstić information content (AvgIpc) is 2.08. The van der Waals surface area contributed by atoms with Crippen molar-refractivity contribution in [1.29, 1.82) is 0 Å². The van der Waals surface area contributed by atoms with Crippen molar-refractivity contribution in [3.63, 3.8) is 0 Å². The second kappa shape index (κ2) is 4.43. The normalized spacial score (nSPS) is 18.9. The van der Waals surface area contributed by atoms with Crippen molar-refractivity contribution in [3.8, 4) is 0 Å². The predicted octanol–water partition coefficient (Wildman–Crippen LogP) is -0.380. The van der Waals surface area contributed by atoms with Crippen LogP contribution in [0.3, 0.4) is 0 Å². The molecule has 1 amide bonds. The zero-order valence-corrected chi connectivity index (χ0v) is 7.45. The summed E-state index contributed by atoms with van der Waals surface area (Å²) in [6.45, 7) is -0.242. The Morgan fingerprint density at radius 3 is 2.54 bits per heavy atom. The van der Waals surface area contributed by atoms with Crippen LogP contribution in [0.25, 0.3) is 0 Å². The highest BCUT2D eigenvalue weighted by Gasteiger charge is 2.38. The van der Waals surface area contributed by atoms with Crippen LogP contribution in [-0.4, -0.2) is 41.7 Å². The molecular weight excluding hydrogens is 174 g/mol. The third-order valence-electron chi connectivity index (χ3n) is 2.30. The Labute approximate surface area is 76.7 Å². The topological polar surface area (TPSA) is 78.8 Å². The number of alkyl carbamates (subject to hydrolysis) is 1. The van der Waals surface area contributed by atoms with Crippen LogP contribution in [0.4, 0.5) is 4.79 Å². The number of aliphatic hydroxyl groups is 2. The van der Waals surface area contributed by atoms with Gasteiger partial charge in [-0.2, -0.15) is 0 Å². The Kier molecular flexibility index (Phi) is 3.50. The van der Waals surface area contributed by atoms with Crippen LogP contribution in [0.1, 0.15) is 19.3 Å². The van der Waals surface area contributed by atoms with Gasteiger partial charge < -0.3 is 20.3 Å². The molecule has 0 radical (unpaired) electrons.